The highest BCUT2D eigenvalue weighted by molar-refractivity contribution is 4.94. The zero-order valence-electron chi connectivity index (χ0n) is 11.3. The summed E-state index contributed by atoms with van der Waals surface area (Å²) in [6.45, 7) is 1.39. The van der Waals surface area contributed by atoms with Crippen LogP contribution in [0.25, 0.3) is 0 Å². The summed E-state index contributed by atoms with van der Waals surface area (Å²) in [6.07, 6.45) is 13.2. The van der Waals surface area contributed by atoms with E-state index >= 15 is 0 Å². The van der Waals surface area contributed by atoms with Gasteiger partial charge in [0.25, 0.3) is 0 Å². The zero-order chi connectivity index (χ0) is 11.7. The van der Waals surface area contributed by atoms with Crippen molar-refractivity contribution in [2.45, 2.75) is 75.9 Å². The fourth-order valence-corrected chi connectivity index (χ4v) is 4.67. The van der Waals surface area contributed by atoms with Gasteiger partial charge in [-0.2, -0.15) is 0 Å². The molecule has 0 radical (unpaired) electrons. The molecule has 1 saturated heterocycles. The number of hydrogen-bond acceptors (Lipinski definition) is 2. The Morgan fingerprint density at radius 3 is 2.65 bits per heavy atom. The first-order chi connectivity index (χ1) is 8.38. The molecule has 3 fully saturated rings. The molecule has 0 aromatic carbocycles. The Kier molecular flexibility index (Phi) is 3.72. The third kappa shape index (κ3) is 2.39. The summed E-state index contributed by atoms with van der Waals surface area (Å²) >= 11 is 0. The Morgan fingerprint density at radius 1 is 0.941 bits per heavy atom. The van der Waals surface area contributed by atoms with Crippen LogP contribution >= 0.6 is 0 Å². The van der Waals surface area contributed by atoms with Crippen LogP contribution in [0.4, 0.5) is 0 Å². The van der Waals surface area contributed by atoms with Gasteiger partial charge in [-0.05, 0) is 64.5 Å². The van der Waals surface area contributed by atoms with E-state index in [4.69, 9.17) is 0 Å². The molecular formula is C15H28N2. The summed E-state index contributed by atoms with van der Waals surface area (Å²) in [4.78, 5) is 2.92. The summed E-state index contributed by atoms with van der Waals surface area (Å²) < 4.78 is 0. The highest BCUT2D eigenvalue weighted by atomic mass is 15.2. The Hall–Kier alpha value is -0.0800. The fourth-order valence-electron chi connectivity index (χ4n) is 4.67. The molecule has 3 aliphatic rings. The molecule has 4 atom stereocenters. The van der Waals surface area contributed by atoms with Gasteiger partial charge in [-0.25, -0.2) is 0 Å². The number of piperidine rings is 1. The molecule has 17 heavy (non-hydrogen) atoms. The van der Waals surface area contributed by atoms with Crippen LogP contribution in [-0.4, -0.2) is 36.6 Å². The summed E-state index contributed by atoms with van der Waals surface area (Å²) in [5.74, 6) is 1.05. The number of fused-ring (bicyclic) bond motifs is 1. The molecule has 0 amide bonds. The maximum atomic E-state index is 3.51. The summed E-state index contributed by atoms with van der Waals surface area (Å²) in [5, 5.41) is 3.51. The minimum Gasteiger partial charge on any atom is -0.317 e. The molecule has 2 nitrogen and oxygen atoms in total. The Bertz CT molecular complexity index is 253. The van der Waals surface area contributed by atoms with Crippen molar-refractivity contribution in [3.05, 3.63) is 0 Å². The van der Waals surface area contributed by atoms with Crippen LogP contribution in [0.1, 0.15) is 57.8 Å². The first-order valence-electron chi connectivity index (χ1n) is 7.81. The molecule has 2 aliphatic carbocycles. The van der Waals surface area contributed by atoms with Crippen LogP contribution < -0.4 is 5.32 Å². The van der Waals surface area contributed by atoms with Crippen LogP contribution in [0.15, 0.2) is 0 Å². The summed E-state index contributed by atoms with van der Waals surface area (Å²) in [6, 6.07) is 2.65. The third-order valence-corrected chi connectivity index (χ3v) is 5.56. The van der Waals surface area contributed by atoms with Crippen molar-refractivity contribution in [2.24, 2.45) is 5.92 Å². The number of nitrogens with one attached hydrogen (secondary N) is 1. The van der Waals surface area contributed by atoms with Crippen LogP contribution in [-0.2, 0) is 0 Å². The van der Waals surface area contributed by atoms with E-state index in [1.165, 1.54) is 64.3 Å². The zero-order valence-corrected chi connectivity index (χ0v) is 11.3. The van der Waals surface area contributed by atoms with Crippen molar-refractivity contribution in [1.29, 1.82) is 0 Å². The van der Waals surface area contributed by atoms with Crippen molar-refractivity contribution in [1.82, 2.24) is 10.2 Å². The molecule has 2 saturated carbocycles. The number of hydrogen-bond donors (Lipinski definition) is 1. The first kappa shape index (κ1) is 12.0. The second kappa shape index (κ2) is 5.27. The highest BCUT2D eigenvalue weighted by Crippen LogP contribution is 2.39. The molecule has 0 spiro atoms. The maximum absolute atomic E-state index is 3.51. The topological polar surface area (TPSA) is 15.3 Å². The minimum atomic E-state index is 0.788. The lowest BCUT2D eigenvalue weighted by Gasteiger charge is -2.45. The summed E-state index contributed by atoms with van der Waals surface area (Å²) in [7, 11) is 2.14. The fraction of sp³-hybridized carbons (Fsp3) is 1.00. The van der Waals surface area contributed by atoms with E-state index in [0.29, 0.717) is 0 Å². The lowest BCUT2D eigenvalue weighted by atomic mass is 9.85. The minimum absolute atomic E-state index is 0.788. The Morgan fingerprint density at radius 2 is 1.76 bits per heavy atom. The maximum Gasteiger partial charge on any atom is 0.0126 e. The average molecular weight is 236 g/mol. The molecule has 1 aliphatic heterocycles. The van der Waals surface area contributed by atoms with Gasteiger partial charge in [0.2, 0.25) is 0 Å². The van der Waals surface area contributed by atoms with Gasteiger partial charge in [-0.15, -0.1) is 0 Å². The van der Waals surface area contributed by atoms with E-state index in [9.17, 15) is 0 Å². The summed E-state index contributed by atoms with van der Waals surface area (Å²) in [5.41, 5.74) is 0. The van der Waals surface area contributed by atoms with E-state index in [1.807, 2.05) is 0 Å². The predicted octanol–water partition coefficient (Wildman–Crippen LogP) is 2.78. The molecule has 98 valence electrons. The van der Waals surface area contributed by atoms with E-state index in [1.54, 1.807) is 0 Å². The van der Waals surface area contributed by atoms with E-state index in [2.05, 4.69) is 17.3 Å². The second-order valence-electron chi connectivity index (χ2n) is 6.44. The smallest absolute Gasteiger partial charge is 0.0126 e. The van der Waals surface area contributed by atoms with E-state index in [-0.39, 0.29) is 0 Å². The van der Waals surface area contributed by atoms with Crippen molar-refractivity contribution < 1.29 is 0 Å². The quantitative estimate of drug-likeness (QED) is 0.793. The molecule has 1 heterocycles. The van der Waals surface area contributed by atoms with Gasteiger partial charge in [-0.3, -0.25) is 4.90 Å². The lowest BCUT2D eigenvalue weighted by Crippen LogP contribution is -2.51. The molecule has 0 aromatic rings. The van der Waals surface area contributed by atoms with Crippen molar-refractivity contribution in [3.8, 4) is 0 Å². The third-order valence-electron chi connectivity index (χ3n) is 5.56. The van der Waals surface area contributed by atoms with Gasteiger partial charge in [0.15, 0.2) is 0 Å². The Balaban J connectivity index is 1.65. The van der Waals surface area contributed by atoms with Crippen molar-refractivity contribution in [3.63, 3.8) is 0 Å². The van der Waals surface area contributed by atoms with Crippen LogP contribution in [0, 0.1) is 5.92 Å². The normalized spacial score (nSPS) is 43.6. The first-order valence-corrected chi connectivity index (χ1v) is 7.81. The van der Waals surface area contributed by atoms with Gasteiger partial charge in [0, 0.05) is 18.1 Å². The molecule has 3 rings (SSSR count). The molecule has 1 N–H and O–H groups in total. The van der Waals surface area contributed by atoms with Gasteiger partial charge in [0.1, 0.15) is 0 Å². The van der Waals surface area contributed by atoms with Crippen molar-refractivity contribution in [2.75, 3.05) is 13.6 Å². The van der Waals surface area contributed by atoms with Gasteiger partial charge in [-0.1, -0.05) is 12.8 Å². The van der Waals surface area contributed by atoms with Crippen LogP contribution in [0.3, 0.4) is 0 Å². The van der Waals surface area contributed by atoms with E-state index < -0.39 is 0 Å². The SMILES string of the molecule is CNC1CCCC(N2CCCC3CCCC32)C1. The standard InChI is InChI=1S/C15H28N2/c1-16-13-7-3-8-14(11-13)17-10-4-6-12-5-2-9-15(12)17/h12-16H,2-11H2,1H3. The largest absolute Gasteiger partial charge is 0.317 e. The van der Waals surface area contributed by atoms with Crippen LogP contribution in [0.5, 0.6) is 0 Å². The van der Waals surface area contributed by atoms with Crippen LogP contribution in [0.2, 0.25) is 0 Å². The number of likely N-dealkylation sites (tertiary alicyclic amines) is 1. The number of nitrogens with zero attached hydrogens (tertiary/aromatic N) is 1. The Labute approximate surface area is 106 Å². The number of rotatable bonds is 2. The van der Waals surface area contributed by atoms with Gasteiger partial charge >= 0.3 is 0 Å². The molecule has 0 bridgehead atoms. The molecule has 2 heteroatoms. The molecule has 0 aromatic heterocycles. The second-order valence-corrected chi connectivity index (χ2v) is 6.44. The highest BCUT2D eigenvalue weighted by Gasteiger charge is 2.39. The monoisotopic (exact) mass is 236 g/mol. The van der Waals surface area contributed by atoms with E-state index in [0.717, 1.165) is 24.0 Å². The van der Waals surface area contributed by atoms with Gasteiger partial charge < -0.3 is 5.32 Å². The van der Waals surface area contributed by atoms with Crippen molar-refractivity contribution >= 4 is 0 Å². The lowest BCUT2D eigenvalue weighted by molar-refractivity contribution is 0.0436. The predicted molar refractivity (Wildman–Crippen MR) is 72.2 cm³/mol. The molecule has 4 unspecified atom stereocenters. The molecular weight excluding hydrogens is 208 g/mol. The average Bonchev–Trinajstić information content (AvgIpc) is 2.87. The van der Waals surface area contributed by atoms with Gasteiger partial charge in [0.05, 0.1) is 0 Å².